The van der Waals surface area contributed by atoms with E-state index in [2.05, 4.69) is 20.9 Å². The first-order chi connectivity index (χ1) is 8.24. The van der Waals surface area contributed by atoms with Gasteiger partial charge in [-0.25, -0.2) is 9.37 Å². The Labute approximate surface area is 105 Å². The summed E-state index contributed by atoms with van der Waals surface area (Å²) in [7, 11) is 0. The molecule has 1 heterocycles. The van der Waals surface area contributed by atoms with Crippen LogP contribution in [0.1, 0.15) is 0 Å². The lowest BCUT2D eigenvalue weighted by atomic mass is 10.2. The van der Waals surface area contributed by atoms with Crippen molar-refractivity contribution in [3.8, 4) is 11.5 Å². The van der Waals surface area contributed by atoms with Crippen LogP contribution in [0.2, 0.25) is 0 Å². The van der Waals surface area contributed by atoms with Crippen LogP contribution in [0.4, 0.5) is 4.39 Å². The fourth-order valence-corrected chi connectivity index (χ4v) is 2.00. The Morgan fingerprint density at radius 1 is 1.12 bits per heavy atom. The van der Waals surface area contributed by atoms with Crippen molar-refractivity contribution < 1.29 is 8.81 Å². The van der Waals surface area contributed by atoms with Gasteiger partial charge < -0.3 is 4.42 Å². The minimum absolute atomic E-state index is 0.302. The van der Waals surface area contributed by atoms with Crippen LogP contribution in [-0.2, 0) is 0 Å². The number of oxazole rings is 1. The van der Waals surface area contributed by atoms with Crippen molar-refractivity contribution in [2.24, 2.45) is 0 Å². The highest BCUT2D eigenvalue weighted by Gasteiger charge is 2.11. The Bertz CT molecular complexity index is 693. The first kappa shape index (κ1) is 10.5. The zero-order chi connectivity index (χ0) is 11.8. The highest BCUT2D eigenvalue weighted by atomic mass is 79.9. The number of halogens is 2. The lowest BCUT2D eigenvalue weighted by Gasteiger charge is -1.95. The molecule has 3 rings (SSSR count). The Balaban J connectivity index is 2.22. The molecule has 0 radical (unpaired) electrons. The van der Waals surface area contributed by atoms with E-state index in [9.17, 15) is 4.39 Å². The molecule has 2 nitrogen and oxygen atoms in total. The number of benzene rings is 2. The van der Waals surface area contributed by atoms with Crippen LogP contribution >= 0.6 is 15.9 Å². The maximum Gasteiger partial charge on any atom is 0.230 e. The highest BCUT2D eigenvalue weighted by molar-refractivity contribution is 9.10. The van der Waals surface area contributed by atoms with Gasteiger partial charge in [-0.1, -0.05) is 28.1 Å². The molecule has 0 fully saturated rings. The minimum Gasteiger partial charge on any atom is -0.436 e. The molecular weight excluding hydrogens is 285 g/mol. The van der Waals surface area contributed by atoms with Gasteiger partial charge in [0.2, 0.25) is 5.89 Å². The van der Waals surface area contributed by atoms with Gasteiger partial charge in [0, 0.05) is 4.47 Å². The maximum absolute atomic E-state index is 13.6. The van der Waals surface area contributed by atoms with Crippen molar-refractivity contribution in [2.75, 3.05) is 0 Å². The van der Waals surface area contributed by atoms with Gasteiger partial charge in [0.05, 0.1) is 5.56 Å². The average molecular weight is 292 g/mol. The summed E-state index contributed by atoms with van der Waals surface area (Å²) in [5.74, 6) is -0.0330. The molecule has 1 aromatic heterocycles. The topological polar surface area (TPSA) is 26.0 Å². The predicted octanol–water partition coefficient (Wildman–Crippen LogP) is 4.40. The van der Waals surface area contributed by atoms with E-state index in [0.717, 1.165) is 4.47 Å². The molecule has 0 amide bonds. The number of hydrogen-bond acceptors (Lipinski definition) is 2. The molecule has 17 heavy (non-hydrogen) atoms. The molecule has 84 valence electrons. The van der Waals surface area contributed by atoms with E-state index in [1.165, 1.54) is 6.07 Å². The lowest BCUT2D eigenvalue weighted by molar-refractivity contribution is 0.593. The van der Waals surface area contributed by atoms with Crippen LogP contribution in [0.25, 0.3) is 22.6 Å². The summed E-state index contributed by atoms with van der Waals surface area (Å²) in [4.78, 5) is 4.27. The van der Waals surface area contributed by atoms with Crippen molar-refractivity contribution in [2.45, 2.75) is 0 Å². The SMILES string of the molecule is Fc1ccccc1-c1nc2cc(Br)ccc2o1. The van der Waals surface area contributed by atoms with Crippen molar-refractivity contribution in [3.05, 3.63) is 52.8 Å². The Hall–Kier alpha value is -1.68. The number of aromatic nitrogens is 1. The second kappa shape index (κ2) is 3.96. The van der Waals surface area contributed by atoms with E-state index in [4.69, 9.17) is 4.42 Å². The molecule has 3 aromatic rings. The lowest BCUT2D eigenvalue weighted by Crippen LogP contribution is -1.82. The first-order valence-corrected chi connectivity index (χ1v) is 5.84. The molecule has 2 aromatic carbocycles. The number of fused-ring (bicyclic) bond motifs is 1. The zero-order valence-corrected chi connectivity index (χ0v) is 10.2. The molecule has 0 aliphatic rings. The fourth-order valence-electron chi connectivity index (χ4n) is 1.65. The monoisotopic (exact) mass is 291 g/mol. The highest BCUT2D eigenvalue weighted by Crippen LogP contribution is 2.27. The summed E-state index contributed by atoms with van der Waals surface area (Å²) < 4.78 is 20.0. The van der Waals surface area contributed by atoms with Crippen molar-refractivity contribution in [1.29, 1.82) is 0 Å². The van der Waals surface area contributed by atoms with E-state index in [0.29, 0.717) is 22.6 Å². The van der Waals surface area contributed by atoms with E-state index < -0.39 is 0 Å². The third-order valence-corrected chi connectivity index (χ3v) is 2.95. The summed E-state index contributed by atoms with van der Waals surface area (Å²) in [5, 5.41) is 0. The maximum atomic E-state index is 13.6. The van der Waals surface area contributed by atoms with Crippen molar-refractivity contribution in [3.63, 3.8) is 0 Å². The van der Waals surface area contributed by atoms with Crippen LogP contribution < -0.4 is 0 Å². The molecule has 0 aliphatic heterocycles. The van der Waals surface area contributed by atoms with Gasteiger partial charge in [0.15, 0.2) is 5.58 Å². The quantitative estimate of drug-likeness (QED) is 0.664. The van der Waals surface area contributed by atoms with Gasteiger partial charge >= 0.3 is 0 Å². The average Bonchev–Trinajstić information content (AvgIpc) is 2.72. The molecule has 4 heteroatoms. The predicted molar refractivity (Wildman–Crippen MR) is 67.1 cm³/mol. The molecule has 0 unspecified atom stereocenters. The summed E-state index contributed by atoms with van der Waals surface area (Å²) in [5.41, 5.74) is 1.73. The summed E-state index contributed by atoms with van der Waals surface area (Å²) in [6.07, 6.45) is 0. The number of nitrogens with zero attached hydrogens (tertiary/aromatic N) is 1. The Morgan fingerprint density at radius 2 is 1.94 bits per heavy atom. The second-order valence-electron chi connectivity index (χ2n) is 3.61. The fraction of sp³-hybridized carbons (Fsp3) is 0. The largest absolute Gasteiger partial charge is 0.436 e. The van der Waals surface area contributed by atoms with Crippen LogP contribution in [0.15, 0.2) is 51.4 Å². The summed E-state index contributed by atoms with van der Waals surface area (Å²) in [6, 6.07) is 11.9. The molecule has 0 saturated carbocycles. The molecule has 0 spiro atoms. The standard InChI is InChI=1S/C13H7BrFNO/c14-8-5-6-12-11(7-8)16-13(17-12)9-3-1-2-4-10(9)15/h1-7H. The van der Waals surface area contributed by atoms with Crippen LogP contribution in [0.5, 0.6) is 0 Å². The first-order valence-electron chi connectivity index (χ1n) is 5.05. The van der Waals surface area contributed by atoms with Gasteiger partial charge in [-0.05, 0) is 30.3 Å². The third kappa shape index (κ3) is 1.85. The van der Waals surface area contributed by atoms with Gasteiger partial charge in [-0.3, -0.25) is 0 Å². The molecule has 0 N–H and O–H groups in total. The number of hydrogen-bond donors (Lipinski definition) is 0. The summed E-state index contributed by atoms with van der Waals surface area (Å²) >= 11 is 3.36. The van der Waals surface area contributed by atoms with Gasteiger partial charge in [0.25, 0.3) is 0 Å². The van der Waals surface area contributed by atoms with Crippen LogP contribution in [-0.4, -0.2) is 4.98 Å². The smallest absolute Gasteiger partial charge is 0.230 e. The minimum atomic E-state index is -0.335. The molecular formula is C13H7BrFNO. The zero-order valence-electron chi connectivity index (χ0n) is 8.65. The van der Waals surface area contributed by atoms with Gasteiger partial charge in [-0.15, -0.1) is 0 Å². The molecule has 0 saturated heterocycles. The molecule has 0 atom stereocenters. The molecule has 0 aliphatic carbocycles. The second-order valence-corrected chi connectivity index (χ2v) is 4.53. The normalized spacial score (nSPS) is 10.9. The van der Waals surface area contributed by atoms with Crippen LogP contribution in [0, 0.1) is 5.82 Å². The summed E-state index contributed by atoms with van der Waals surface area (Å²) in [6.45, 7) is 0. The van der Waals surface area contributed by atoms with E-state index in [1.807, 2.05) is 12.1 Å². The van der Waals surface area contributed by atoms with Crippen molar-refractivity contribution in [1.82, 2.24) is 4.98 Å². The van der Waals surface area contributed by atoms with Gasteiger partial charge in [0.1, 0.15) is 11.3 Å². The van der Waals surface area contributed by atoms with Gasteiger partial charge in [-0.2, -0.15) is 0 Å². The van der Waals surface area contributed by atoms with E-state index >= 15 is 0 Å². The van der Waals surface area contributed by atoms with E-state index in [-0.39, 0.29) is 5.82 Å². The third-order valence-electron chi connectivity index (χ3n) is 2.45. The van der Waals surface area contributed by atoms with Crippen molar-refractivity contribution >= 4 is 27.0 Å². The number of rotatable bonds is 1. The Kier molecular flexibility index (Phi) is 2.44. The Morgan fingerprint density at radius 3 is 2.76 bits per heavy atom. The van der Waals surface area contributed by atoms with E-state index in [1.54, 1.807) is 24.3 Å². The molecule has 0 bridgehead atoms. The van der Waals surface area contributed by atoms with Crippen LogP contribution in [0.3, 0.4) is 0 Å².